The van der Waals surface area contributed by atoms with E-state index in [0.717, 1.165) is 5.69 Å². The van der Waals surface area contributed by atoms with Crippen LogP contribution in [-0.2, 0) is 5.41 Å². The minimum Gasteiger partial charge on any atom is -0.309 e. The Balaban J connectivity index is 1.15. The van der Waals surface area contributed by atoms with Crippen molar-refractivity contribution < 1.29 is 0 Å². The summed E-state index contributed by atoms with van der Waals surface area (Å²) in [5, 5.41) is 7.58. The van der Waals surface area contributed by atoms with E-state index in [2.05, 4.69) is 200 Å². The molecule has 2 heteroatoms. The Morgan fingerprint density at radius 2 is 1.10 bits per heavy atom. The molecule has 0 spiro atoms. The molecule has 0 fully saturated rings. The van der Waals surface area contributed by atoms with Gasteiger partial charge in [0.2, 0.25) is 0 Å². The highest BCUT2D eigenvalue weighted by atomic mass is 15.0. The first-order valence-corrected chi connectivity index (χ1v) is 18.2. The summed E-state index contributed by atoms with van der Waals surface area (Å²) >= 11 is 0. The van der Waals surface area contributed by atoms with E-state index in [4.69, 9.17) is 0 Å². The van der Waals surface area contributed by atoms with Crippen LogP contribution in [0.4, 0.5) is 0 Å². The molecule has 1 aliphatic rings. The molecule has 7 aromatic carbocycles. The van der Waals surface area contributed by atoms with Gasteiger partial charge in [-0.1, -0.05) is 136 Å². The molecular weight excluding hydrogens is 629 g/mol. The predicted molar refractivity (Wildman–Crippen MR) is 223 cm³/mol. The third kappa shape index (κ3) is 4.25. The van der Waals surface area contributed by atoms with Crippen molar-refractivity contribution >= 4 is 60.0 Å². The van der Waals surface area contributed by atoms with Crippen molar-refractivity contribution in [1.82, 2.24) is 9.13 Å². The second kappa shape index (κ2) is 11.3. The Bertz CT molecular complexity index is 2980. The van der Waals surface area contributed by atoms with E-state index in [1.54, 1.807) is 0 Å². The average molecular weight is 667 g/mol. The summed E-state index contributed by atoms with van der Waals surface area (Å²) in [6, 6.07) is 53.5. The highest BCUT2D eigenvalue weighted by Crippen LogP contribution is 2.52. The van der Waals surface area contributed by atoms with Crippen LogP contribution >= 0.6 is 0 Å². The molecule has 0 saturated heterocycles. The minimum absolute atomic E-state index is 0.131. The van der Waals surface area contributed by atoms with Crippen LogP contribution < -0.4 is 0 Å². The third-order valence-corrected chi connectivity index (χ3v) is 11.5. The van der Waals surface area contributed by atoms with Gasteiger partial charge in [-0.05, 0) is 94.2 Å². The van der Waals surface area contributed by atoms with Crippen LogP contribution in [0.1, 0.15) is 31.9 Å². The molecule has 9 aromatic rings. The summed E-state index contributed by atoms with van der Waals surface area (Å²) in [5.41, 5.74) is 14.6. The number of rotatable bonds is 4. The Hall–Kier alpha value is -6.38. The molecule has 0 amide bonds. The van der Waals surface area contributed by atoms with E-state index in [0.29, 0.717) is 0 Å². The summed E-state index contributed by atoms with van der Waals surface area (Å²) < 4.78 is 4.83. The van der Waals surface area contributed by atoms with Crippen LogP contribution in [0.15, 0.2) is 176 Å². The lowest BCUT2D eigenvalue weighted by molar-refractivity contribution is 0.663. The first-order chi connectivity index (χ1) is 25.5. The number of para-hydroxylation sites is 3. The standard InChI is InChI=1S/C50H38N2/c1-5-6-16-37-32(2)50(3,4)44-29-28-42-40(48(37)44)26-27-41-38-17-10-13-20-46(38)52(49(41)42)36-24-21-33(22-25-36)34-23-30-47-43(31-34)39-18-11-12-19-45(39)51(47)35-14-8-7-9-15-35/h5-31H,2H2,1,3-4H3/b6-5-,37-16+. The van der Waals surface area contributed by atoms with Crippen LogP contribution in [0.5, 0.6) is 0 Å². The molecule has 0 bridgehead atoms. The van der Waals surface area contributed by atoms with Crippen molar-refractivity contribution in [1.29, 1.82) is 0 Å². The molecule has 0 aliphatic heterocycles. The highest BCUT2D eigenvalue weighted by molar-refractivity contribution is 6.21. The van der Waals surface area contributed by atoms with Crippen LogP contribution in [0, 0.1) is 0 Å². The van der Waals surface area contributed by atoms with Gasteiger partial charge in [-0.3, -0.25) is 0 Å². The summed E-state index contributed by atoms with van der Waals surface area (Å²) in [5.74, 6) is 0. The molecule has 2 aromatic heterocycles. The van der Waals surface area contributed by atoms with Crippen LogP contribution in [0.2, 0.25) is 0 Å². The molecule has 52 heavy (non-hydrogen) atoms. The van der Waals surface area contributed by atoms with Gasteiger partial charge in [-0.2, -0.15) is 0 Å². The van der Waals surface area contributed by atoms with E-state index in [-0.39, 0.29) is 5.41 Å². The first-order valence-electron chi connectivity index (χ1n) is 18.2. The number of aromatic nitrogens is 2. The molecule has 0 atom stereocenters. The number of benzene rings is 7. The fourth-order valence-corrected chi connectivity index (χ4v) is 8.78. The molecule has 10 rings (SSSR count). The average Bonchev–Trinajstić information content (AvgIpc) is 3.77. The van der Waals surface area contributed by atoms with E-state index in [1.165, 1.54) is 93.5 Å². The summed E-state index contributed by atoms with van der Waals surface area (Å²) in [4.78, 5) is 0. The number of nitrogens with zero attached hydrogens (tertiary/aromatic N) is 2. The van der Waals surface area contributed by atoms with Gasteiger partial charge in [0.15, 0.2) is 0 Å². The van der Waals surface area contributed by atoms with Crippen molar-refractivity contribution in [2.24, 2.45) is 0 Å². The monoisotopic (exact) mass is 666 g/mol. The molecule has 0 radical (unpaired) electrons. The molecule has 0 unspecified atom stereocenters. The predicted octanol–water partition coefficient (Wildman–Crippen LogP) is 13.5. The Morgan fingerprint density at radius 1 is 0.519 bits per heavy atom. The van der Waals surface area contributed by atoms with Crippen molar-refractivity contribution in [3.05, 3.63) is 187 Å². The molecule has 248 valence electrons. The van der Waals surface area contributed by atoms with Crippen LogP contribution in [0.25, 0.3) is 82.5 Å². The summed E-state index contributed by atoms with van der Waals surface area (Å²) in [7, 11) is 0. The van der Waals surface area contributed by atoms with Gasteiger partial charge in [-0.25, -0.2) is 0 Å². The number of fused-ring (bicyclic) bond motifs is 10. The Kier molecular flexibility index (Phi) is 6.62. The second-order valence-electron chi connectivity index (χ2n) is 14.6. The maximum Gasteiger partial charge on any atom is 0.0619 e. The summed E-state index contributed by atoms with van der Waals surface area (Å²) in [6.07, 6.45) is 6.47. The van der Waals surface area contributed by atoms with Gasteiger partial charge in [0.1, 0.15) is 0 Å². The van der Waals surface area contributed by atoms with E-state index < -0.39 is 0 Å². The van der Waals surface area contributed by atoms with Crippen LogP contribution in [-0.4, -0.2) is 9.13 Å². The largest absolute Gasteiger partial charge is 0.309 e. The van der Waals surface area contributed by atoms with Crippen molar-refractivity contribution in [3.63, 3.8) is 0 Å². The second-order valence-corrected chi connectivity index (χ2v) is 14.6. The molecular formula is C50H38N2. The van der Waals surface area contributed by atoms with Crippen molar-refractivity contribution in [2.75, 3.05) is 0 Å². The van der Waals surface area contributed by atoms with Gasteiger partial charge in [0.25, 0.3) is 0 Å². The SMILES string of the molecule is C=C1/C(=C\C=C/C)c2c(ccc3c2ccc2c4ccccc4n(-c4ccc(-c5ccc6c(c5)c5ccccc5n6-c5ccccc5)cc4)c32)C1(C)C. The fourth-order valence-electron chi connectivity index (χ4n) is 8.78. The zero-order chi connectivity index (χ0) is 35.1. The number of hydrogen-bond donors (Lipinski definition) is 0. The zero-order valence-electron chi connectivity index (χ0n) is 29.7. The third-order valence-electron chi connectivity index (χ3n) is 11.5. The zero-order valence-corrected chi connectivity index (χ0v) is 29.7. The minimum atomic E-state index is -0.131. The Morgan fingerprint density at radius 3 is 1.85 bits per heavy atom. The first kappa shape index (κ1) is 30.4. The quantitative estimate of drug-likeness (QED) is 0.177. The maximum absolute atomic E-state index is 4.60. The van der Waals surface area contributed by atoms with Gasteiger partial charge >= 0.3 is 0 Å². The smallest absolute Gasteiger partial charge is 0.0619 e. The lowest BCUT2D eigenvalue weighted by atomic mass is 9.83. The number of allylic oxidation sites excluding steroid dienone is 5. The Labute approximate surface area is 303 Å². The van der Waals surface area contributed by atoms with E-state index in [9.17, 15) is 0 Å². The highest BCUT2D eigenvalue weighted by Gasteiger charge is 2.38. The maximum atomic E-state index is 4.60. The molecule has 0 saturated carbocycles. The van der Waals surface area contributed by atoms with Gasteiger partial charge in [-0.15, -0.1) is 0 Å². The van der Waals surface area contributed by atoms with Crippen molar-refractivity contribution in [3.8, 4) is 22.5 Å². The molecule has 2 heterocycles. The molecule has 2 nitrogen and oxygen atoms in total. The van der Waals surface area contributed by atoms with Gasteiger partial charge in [0.05, 0.1) is 22.1 Å². The molecule has 0 N–H and O–H groups in total. The normalized spacial score (nSPS) is 15.0. The fraction of sp³-hybridized carbons (Fsp3) is 0.0800. The summed E-state index contributed by atoms with van der Waals surface area (Å²) in [6.45, 7) is 11.3. The topological polar surface area (TPSA) is 9.86 Å². The number of hydrogen-bond acceptors (Lipinski definition) is 0. The van der Waals surface area contributed by atoms with E-state index in [1.807, 2.05) is 0 Å². The molecule has 1 aliphatic carbocycles. The van der Waals surface area contributed by atoms with Gasteiger partial charge < -0.3 is 9.13 Å². The lowest BCUT2D eigenvalue weighted by Crippen LogP contribution is -2.14. The lowest BCUT2D eigenvalue weighted by Gasteiger charge is -2.21. The van der Waals surface area contributed by atoms with Crippen molar-refractivity contribution in [2.45, 2.75) is 26.2 Å². The van der Waals surface area contributed by atoms with E-state index >= 15 is 0 Å². The van der Waals surface area contributed by atoms with Crippen LogP contribution in [0.3, 0.4) is 0 Å². The van der Waals surface area contributed by atoms with Gasteiger partial charge in [0, 0.05) is 43.7 Å².